The second-order valence-electron chi connectivity index (χ2n) is 5.08. The molecule has 0 aliphatic carbocycles. The smallest absolute Gasteiger partial charge is 0.243 e. The Labute approximate surface area is 135 Å². The van der Waals surface area contributed by atoms with E-state index in [9.17, 15) is 9.59 Å². The van der Waals surface area contributed by atoms with Crippen LogP contribution < -0.4 is 10.6 Å². The molecule has 0 spiro atoms. The maximum atomic E-state index is 11.7. The van der Waals surface area contributed by atoms with Gasteiger partial charge in [-0.25, -0.2) is 0 Å². The Morgan fingerprint density at radius 1 is 1.13 bits per heavy atom. The molecule has 2 rings (SSSR count). The highest BCUT2D eigenvalue weighted by Crippen LogP contribution is 2.05. The SMILES string of the molecule is Cc1ccc(/C=C/CC(=O)NCC(=O)Nc2cccnc2)cc1. The minimum Gasteiger partial charge on any atom is -0.347 e. The molecule has 1 heterocycles. The molecule has 0 aliphatic heterocycles. The van der Waals surface area contributed by atoms with Crippen LogP contribution in [0.4, 0.5) is 5.69 Å². The third-order valence-corrected chi connectivity index (χ3v) is 3.08. The van der Waals surface area contributed by atoms with Crippen molar-refractivity contribution in [2.45, 2.75) is 13.3 Å². The molecule has 2 aromatic rings. The highest BCUT2D eigenvalue weighted by atomic mass is 16.2. The number of aryl methyl sites for hydroxylation is 1. The van der Waals surface area contributed by atoms with Crippen molar-refractivity contribution in [2.75, 3.05) is 11.9 Å². The average molecular weight is 309 g/mol. The molecule has 118 valence electrons. The Morgan fingerprint density at radius 3 is 2.61 bits per heavy atom. The molecule has 0 fully saturated rings. The van der Waals surface area contributed by atoms with E-state index in [-0.39, 0.29) is 24.8 Å². The number of nitrogens with zero attached hydrogens (tertiary/aromatic N) is 1. The Morgan fingerprint density at radius 2 is 1.91 bits per heavy atom. The second-order valence-corrected chi connectivity index (χ2v) is 5.08. The van der Waals surface area contributed by atoms with Crippen LogP contribution in [0.25, 0.3) is 6.08 Å². The number of anilines is 1. The van der Waals surface area contributed by atoms with E-state index in [1.165, 1.54) is 5.56 Å². The quantitative estimate of drug-likeness (QED) is 0.861. The lowest BCUT2D eigenvalue weighted by atomic mass is 10.1. The van der Waals surface area contributed by atoms with E-state index in [0.29, 0.717) is 5.69 Å². The van der Waals surface area contributed by atoms with Crippen molar-refractivity contribution in [1.82, 2.24) is 10.3 Å². The van der Waals surface area contributed by atoms with E-state index in [4.69, 9.17) is 0 Å². The first kappa shape index (κ1) is 16.4. The number of hydrogen-bond donors (Lipinski definition) is 2. The van der Waals surface area contributed by atoms with Crippen LogP contribution in [0.5, 0.6) is 0 Å². The van der Waals surface area contributed by atoms with E-state index in [1.807, 2.05) is 37.3 Å². The fourth-order valence-corrected chi connectivity index (χ4v) is 1.87. The topological polar surface area (TPSA) is 71.1 Å². The largest absolute Gasteiger partial charge is 0.347 e. The van der Waals surface area contributed by atoms with Gasteiger partial charge in [0.2, 0.25) is 11.8 Å². The lowest BCUT2D eigenvalue weighted by molar-refractivity contribution is -0.123. The monoisotopic (exact) mass is 309 g/mol. The van der Waals surface area contributed by atoms with Gasteiger partial charge in [-0.05, 0) is 24.6 Å². The van der Waals surface area contributed by atoms with Crippen molar-refractivity contribution in [1.29, 1.82) is 0 Å². The highest BCUT2D eigenvalue weighted by molar-refractivity contribution is 5.94. The van der Waals surface area contributed by atoms with Crippen LogP contribution >= 0.6 is 0 Å². The third kappa shape index (κ3) is 6.13. The fourth-order valence-electron chi connectivity index (χ4n) is 1.87. The molecule has 2 amide bonds. The first-order valence-electron chi connectivity index (χ1n) is 7.33. The van der Waals surface area contributed by atoms with Gasteiger partial charge >= 0.3 is 0 Å². The number of aromatic nitrogens is 1. The van der Waals surface area contributed by atoms with Crippen molar-refractivity contribution in [2.24, 2.45) is 0 Å². The summed E-state index contributed by atoms with van der Waals surface area (Å²) in [5.74, 6) is -0.483. The van der Waals surface area contributed by atoms with Gasteiger partial charge in [0, 0.05) is 12.6 Å². The molecule has 0 bridgehead atoms. The van der Waals surface area contributed by atoms with Gasteiger partial charge in [-0.1, -0.05) is 42.0 Å². The molecule has 0 radical (unpaired) electrons. The summed E-state index contributed by atoms with van der Waals surface area (Å²) in [6, 6.07) is 11.5. The van der Waals surface area contributed by atoms with Crippen molar-refractivity contribution < 1.29 is 9.59 Å². The Hall–Kier alpha value is -2.95. The van der Waals surface area contributed by atoms with Gasteiger partial charge in [0.1, 0.15) is 0 Å². The van der Waals surface area contributed by atoms with Crippen LogP contribution in [-0.2, 0) is 9.59 Å². The molecule has 23 heavy (non-hydrogen) atoms. The number of pyridine rings is 1. The van der Waals surface area contributed by atoms with Crippen LogP contribution in [0.2, 0.25) is 0 Å². The van der Waals surface area contributed by atoms with Gasteiger partial charge < -0.3 is 10.6 Å². The summed E-state index contributed by atoms with van der Waals surface area (Å²) < 4.78 is 0. The van der Waals surface area contributed by atoms with Crippen LogP contribution in [0.3, 0.4) is 0 Å². The maximum absolute atomic E-state index is 11.7. The minimum atomic E-state index is -0.283. The second kappa shape index (κ2) is 8.48. The van der Waals surface area contributed by atoms with Crippen LogP contribution in [-0.4, -0.2) is 23.3 Å². The van der Waals surface area contributed by atoms with Gasteiger partial charge in [0.05, 0.1) is 18.4 Å². The lowest BCUT2D eigenvalue weighted by Gasteiger charge is -2.05. The summed E-state index contributed by atoms with van der Waals surface area (Å²) in [7, 11) is 0. The molecule has 0 unspecified atom stereocenters. The van der Waals surface area contributed by atoms with Gasteiger partial charge in [-0.2, -0.15) is 0 Å². The zero-order valence-corrected chi connectivity index (χ0v) is 13.0. The van der Waals surface area contributed by atoms with Gasteiger partial charge in [0.15, 0.2) is 0 Å². The molecule has 0 saturated heterocycles. The average Bonchev–Trinajstić information content (AvgIpc) is 2.56. The van der Waals surface area contributed by atoms with E-state index < -0.39 is 0 Å². The fraction of sp³-hybridized carbons (Fsp3) is 0.167. The molecule has 0 saturated carbocycles. The predicted molar refractivity (Wildman–Crippen MR) is 90.7 cm³/mol. The molecule has 0 atom stereocenters. The zero-order chi connectivity index (χ0) is 16.5. The molecular formula is C18H19N3O2. The molecule has 0 aliphatic rings. The number of amides is 2. The van der Waals surface area contributed by atoms with Crippen LogP contribution in [0.15, 0.2) is 54.9 Å². The maximum Gasteiger partial charge on any atom is 0.243 e. The van der Waals surface area contributed by atoms with E-state index in [1.54, 1.807) is 30.6 Å². The van der Waals surface area contributed by atoms with Crippen LogP contribution in [0, 0.1) is 6.92 Å². The van der Waals surface area contributed by atoms with Gasteiger partial charge in [-0.3, -0.25) is 14.6 Å². The summed E-state index contributed by atoms with van der Waals surface area (Å²) in [6.45, 7) is 1.96. The van der Waals surface area contributed by atoms with Gasteiger partial charge in [0.25, 0.3) is 0 Å². The molecule has 2 N–H and O–H groups in total. The zero-order valence-electron chi connectivity index (χ0n) is 13.0. The number of rotatable bonds is 6. The van der Waals surface area contributed by atoms with Crippen molar-refractivity contribution in [3.63, 3.8) is 0 Å². The third-order valence-electron chi connectivity index (χ3n) is 3.08. The lowest BCUT2D eigenvalue weighted by Crippen LogP contribution is -2.32. The van der Waals surface area contributed by atoms with Crippen LogP contribution in [0.1, 0.15) is 17.5 Å². The normalized spacial score (nSPS) is 10.5. The first-order valence-corrected chi connectivity index (χ1v) is 7.33. The predicted octanol–water partition coefficient (Wildman–Crippen LogP) is 2.55. The molecule has 1 aromatic heterocycles. The summed E-state index contributed by atoms with van der Waals surface area (Å²) in [5.41, 5.74) is 2.84. The summed E-state index contributed by atoms with van der Waals surface area (Å²) in [5, 5.41) is 5.23. The number of carbonyl (C=O) groups excluding carboxylic acids is 2. The molecular weight excluding hydrogens is 290 g/mol. The minimum absolute atomic E-state index is 0.0634. The number of carbonyl (C=O) groups is 2. The Balaban J connectivity index is 1.70. The molecule has 1 aromatic carbocycles. The number of nitrogens with one attached hydrogen (secondary N) is 2. The first-order chi connectivity index (χ1) is 11.1. The van der Waals surface area contributed by atoms with E-state index >= 15 is 0 Å². The standard InChI is InChI=1S/C18H19N3O2/c1-14-7-9-15(10-8-14)4-2-6-17(22)20-13-18(23)21-16-5-3-11-19-12-16/h2-5,7-12H,6,13H2,1H3,(H,20,22)(H,21,23)/b4-2+. The highest BCUT2D eigenvalue weighted by Gasteiger charge is 2.04. The van der Waals surface area contributed by atoms with E-state index in [2.05, 4.69) is 15.6 Å². The molecule has 5 heteroatoms. The van der Waals surface area contributed by atoms with Crippen molar-refractivity contribution in [3.8, 4) is 0 Å². The van der Waals surface area contributed by atoms with Crippen molar-refractivity contribution in [3.05, 3.63) is 66.0 Å². The number of benzene rings is 1. The Kier molecular flexibility index (Phi) is 6.06. The van der Waals surface area contributed by atoms with E-state index in [0.717, 1.165) is 5.56 Å². The Bertz CT molecular complexity index is 679. The molecule has 5 nitrogen and oxygen atoms in total. The summed E-state index contributed by atoms with van der Waals surface area (Å²) in [4.78, 5) is 27.3. The van der Waals surface area contributed by atoms with Crippen molar-refractivity contribution >= 4 is 23.6 Å². The number of hydrogen-bond acceptors (Lipinski definition) is 3. The summed E-state index contributed by atoms with van der Waals surface area (Å²) in [6.07, 6.45) is 7.06. The van der Waals surface area contributed by atoms with Gasteiger partial charge in [-0.15, -0.1) is 0 Å². The summed E-state index contributed by atoms with van der Waals surface area (Å²) >= 11 is 0.